The van der Waals surface area contributed by atoms with Crippen molar-refractivity contribution in [1.29, 1.82) is 0 Å². The van der Waals surface area contributed by atoms with E-state index in [0.717, 1.165) is 25.8 Å². The van der Waals surface area contributed by atoms with Gasteiger partial charge in [0, 0.05) is 6.54 Å². The van der Waals surface area contributed by atoms with Gasteiger partial charge in [0.1, 0.15) is 0 Å². The zero-order chi connectivity index (χ0) is 13.9. The number of hydrogen-bond acceptors (Lipinski definition) is 2. The molecule has 106 valence electrons. The highest BCUT2D eigenvalue weighted by Crippen LogP contribution is 2.28. The average Bonchev–Trinajstić information content (AvgIpc) is 2.56. The minimum atomic E-state index is 0.0483. The van der Waals surface area contributed by atoms with Crippen LogP contribution in [0.5, 0.6) is 0 Å². The number of carbonyl (C=O) groups is 1. The molecule has 1 aliphatic heterocycles. The molecular weight excluding hydrogens is 224 g/mol. The van der Waals surface area contributed by atoms with Gasteiger partial charge in [-0.05, 0) is 24.2 Å². The molecule has 1 rings (SSSR count). The van der Waals surface area contributed by atoms with Gasteiger partial charge in [-0.15, -0.1) is 0 Å². The molecule has 1 saturated heterocycles. The van der Waals surface area contributed by atoms with Crippen molar-refractivity contribution in [2.24, 2.45) is 11.3 Å². The summed E-state index contributed by atoms with van der Waals surface area (Å²) in [4.78, 5) is 14.5. The first kappa shape index (κ1) is 15.5. The fourth-order valence-electron chi connectivity index (χ4n) is 2.37. The number of rotatable bonds is 5. The van der Waals surface area contributed by atoms with E-state index in [-0.39, 0.29) is 17.6 Å². The largest absolute Gasteiger partial charge is 0.326 e. The Kier molecular flexibility index (Phi) is 5.20. The molecule has 1 fully saturated rings. The maximum atomic E-state index is 12.4. The van der Waals surface area contributed by atoms with E-state index in [9.17, 15) is 4.79 Å². The monoisotopic (exact) mass is 254 g/mol. The number of hydrogen-bond donors (Lipinski definition) is 1. The summed E-state index contributed by atoms with van der Waals surface area (Å²) < 4.78 is 0. The topological polar surface area (TPSA) is 32.3 Å². The number of amides is 1. The number of nitrogens with zero attached hydrogens (tertiary/aromatic N) is 1. The van der Waals surface area contributed by atoms with Crippen molar-refractivity contribution in [2.45, 2.75) is 73.0 Å². The van der Waals surface area contributed by atoms with Crippen LogP contribution >= 0.6 is 0 Å². The molecule has 0 spiro atoms. The Morgan fingerprint density at radius 1 is 1.33 bits per heavy atom. The average molecular weight is 254 g/mol. The first-order chi connectivity index (χ1) is 8.31. The van der Waals surface area contributed by atoms with Crippen molar-refractivity contribution in [1.82, 2.24) is 10.2 Å². The molecular formula is C15H30N2O. The highest BCUT2D eigenvalue weighted by Gasteiger charge is 2.38. The first-order valence-corrected chi connectivity index (χ1v) is 7.37. The lowest BCUT2D eigenvalue weighted by atomic mass is 9.81. The predicted octanol–water partition coefficient (Wildman–Crippen LogP) is 3.01. The van der Waals surface area contributed by atoms with Gasteiger partial charge in [0.2, 0.25) is 5.91 Å². The van der Waals surface area contributed by atoms with Gasteiger partial charge >= 0.3 is 0 Å². The third kappa shape index (κ3) is 3.47. The summed E-state index contributed by atoms with van der Waals surface area (Å²) in [5.41, 5.74) is 0.251. The first-order valence-electron chi connectivity index (χ1n) is 7.37. The van der Waals surface area contributed by atoms with Gasteiger partial charge < -0.3 is 4.90 Å². The molecule has 0 aromatic rings. The molecule has 0 radical (unpaired) electrons. The van der Waals surface area contributed by atoms with Gasteiger partial charge in [-0.3, -0.25) is 10.1 Å². The fourth-order valence-corrected chi connectivity index (χ4v) is 2.37. The Bertz CT molecular complexity index is 283. The van der Waals surface area contributed by atoms with Crippen LogP contribution in [-0.2, 0) is 4.79 Å². The van der Waals surface area contributed by atoms with E-state index in [1.54, 1.807) is 0 Å². The lowest BCUT2D eigenvalue weighted by molar-refractivity contribution is -0.131. The highest BCUT2D eigenvalue weighted by molar-refractivity contribution is 5.84. The highest BCUT2D eigenvalue weighted by atomic mass is 16.2. The third-order valence-electron chi connectivity index (χ3n) is 4.26. The van der Waals surface area contributed by atoms with Crippen LogP contribution in [0.1, 0.15) is 60.8 Å². The van der Waals surface area contributed by atoms with Crippen molar-refractivity contribution in [3.05, 3.63) is 0 Å². The molecule has 0 aromatic carbocycles. The second-order valence-electron chi connectivity index (χ2n) is 6.69. The summed E-state index contributed by atoms with van der Waals surface area (Å²) in [7, 11) is 0. The molecule has 1 amide bonds. The minimum Gasteiger partial charge on any atom is -0.326 e. The maximum absolute atomic E-state index is 12.4. The summed E-state index contributed by atoms with van der Waals surface area (Å²) in [6, 6.07) is 0.0483. The van der Waals surface area contributed by atoms with E-state index < -0.39 is 0 Å². The van der Waals surface area contributed by atoms with Gasteiger partial charge in [0.05, 0.1) is 12.2 Å². The third-order valence-corrected chi connectivity index (χ3v) is 4.26. The van der Waals surface area contributed by atoms with Crippen molar-refractivity contribution in [3.8, 4) is 0 Å². The standard InChI is InChI=1S/C15H30N2O/c1-7-9-12-14(18)17(13(8-2)16-12)10-11(3)15(4,5)6/h11-13,16H,7-10H2,1-6H3. The fraction of sp³-hybridized carbons (Fsp3) is 0.933. The SMILES string of the molecule is CCCC1NC(CC)N(CC(C)C(C)(C)C)C1=O. The van der Waals surface area contributed by atoms with Gasteiger partial charge in [0.15, 0.2) is 0 Å². The summed E-state index contributed by atoms with van der Waals surface area (Å²) in [5, 5.41) is 3.47. The van der Waals surface area contributed by atoms with Crippen LogP contribution in [0.25, 0.3) is 0 Å². The second kappa shape index (κ2) is 6.05. The molecule has 18 heavy (non-hydrogen) atoms. The molecule has 0 aromatic heterocycles. The van der Waals surface area contributed by atoms with Crippen molar-refractivity contribution in [3.63, 3.8) is 0 Å². The van der Waals surface area contributed by atoms with Crippen LogP contribution in [0.15, 0.2) is 0 Å². The van der Waals surface area contributed by atoms with E-state index in [1.807, 2.05) is 0 Å². The molecule has 3 unspecified atom stereocenters. The summed E-state index contributed by atoms with van der Waals surface area (Å²) in [6.07, 6.45) is 3.24. The molecule has 0 bridgehead atoms. The maximum Gasteiger partial charge on any atom is 0.241 e. The van der Waals surface area contributed by atoms with Crippen LogP contribution in [-0.4, -0.2) is 29.6 Å². The summed E-state index contributed by atoms with van der Waals surface area (Å²) in [6.45, 7) is 14.1. The lowest BCUT2D eigenvalue weighted by Crippen LogP contribution is -2.42. The zero-order valence-electron chi connectivity index (χ0n) is 12.9. The van der Waals surface area contributed by atoms with Crippen LogP contribution in [0.4, 0.5) is 0 Å². The molecule has 3 nitrogen and oxygen atoms in total. The molecule has 1 aliphatic rings. The van der Waals surface area contributed by atoms with E-state index in [2.05, 4.69) is 51.8 Å². The molecule has 3 heteroatoms. The van der Waals surface area contributed by atoms with Crippen LogP contribution in [0.3, 0.4) is 0 Å². The Morgan fingerprint density at radius 3 is 2.39 bits per heavy atom. The predicted molar refractivity (Wildman–Crippen MR) is 76.2 cm³/mol. The van der Waals surface area contributed by atoms with E-state index >= 15 is 0 Å². The van der Waals surface area contributed by atoms with Crippen LogP contribution in [0.2, 0.25) is 0 Å². The molecule has 0 saturated carbocycles. The molecule has 1 N–H and O–H groups in total. The van der Waals surface area contributed by atoms with Gasteiger partial charge in [-0.2, -0.15) is 0 Å². The van der Waals surface area contributed by atoms with Crippen LogP contribution < -0.4 is 5.32 Å². The molecule has 1 heterocycles. The van der Waals surface area contributed by atoms with Crippen molar-refractivity contribution in [2.75, 3.05) is 6.54 Å². The lowest BCUT2D eigenvalue weighted by Gasteiger charge is -2.33. The quantitative estimate of drug-likeness (QED) is 0.818. The van der Waals surface area contributed by atoms with E-state index in [1.165, 1.54) is 0 Å². The van der Waals surface area contributed by atoms with Crippen molar-refractivity contribution < 1.29 is 4.79 Å². The second-order valence-corrected chi connectivity index (χ2v) is 6.69. The summed E-state index contributed by atoms with van der Waals surface area (Å²) in [5.74, 6) is 0.817. The summed E-state index contributed by atoms with van der Waals surface area (Å²) >= 11 is 0. The Morgan fingerprint density at radius 2 is 1.94 bits per heavy atom. The Labute approximate surface area is 112 Å². The van der Waals surface area contributed by atoms with Crippen molar-refractivity contribution >= 4 is 5.91 Å². The van der Waals surface area contributed by atoms with Gasteiger partial charge in [-0.25, -0.2) is 0 Å². The number of carbonyl (C=O) groups excluding carboxylic acids is 1. The number of nitrogens with one attached hydrogen (secondary N) is 1. The van der Waals surface area contributed by atoms with E-state index in [4.69, 9.17) is 0 Å². The molecule has 0 aliphatic carbocycles. The normalized spacial score (nSPS) is 26.8. The minimum absolute atomic E-state index is 0.0483. The molecule has 3 atom stereocenters. The van der Waals surface area contributed by atoms with E-state index in [0.29, 0.717) is 11.8 Å². The van der Waals surface area contributed by atoms with Gasteiger partial charge in [0.25, 0.3) is 0 Å². The smallest absolute Gasteiger partial charge is 0.241 e. The Balaban J connectivity index is 2.70. The van der Waals surface area contributed by atoms with Gasteiger partial charge in [-0.1, -0.05) is 48.0 Å². The van der Waals surface area contributed by atoms with Crippen LogP contribution in [0, 0.1) is 11.3 Å². The Hall–Kier alpha value is -0.570. The zero-order valence-corrected chi connectivity index (χ0v) is 12.9.